The first-order valence-corrected chi connectivity index (χ1v) is 20.6. The first-order chi connectivity index (χ1) is 29.8. The third-order valence-corrected chi connectivity index (χ3v) is 11.1. The molecule has 312 valence electrons. The molecule has 61 heavy (non-hydrogen) atoms. The van der Waals surface area contributed by atoms with E-state index in [1.165, 1.54) is 22.7 Å². The molecular weight excluding hydrogens is 825 g/mol. The second kappa shape index (κ2) is 18.9. The number of methoxy groups -OCH3 is 2. The zero-order chi connectivity index (χ0) is 42.1. The van der Waals surface area contributed by atoms with Crippen LogP contribution in [-0.2, 0) is 19.3 Å². The number of nitrogens with one attached hydrogen (secondary N) is 4. The summed E-state index contributed by atoms with van der Waals surface area (Å²) < 4.78 is 23.0. The monoisotopic (exact) mass is 862 g/mol. The molecule has 0 fully saturated rings. The van der Waals surface area contributed by atoms with E-state index >= 15 is 0 Å². The number of ether oxygens (including phenoxy) is 2. The number of carbonyl (C=O) groups excluding carboxylic acids is 2. The molecule has 5 N–H and O–H groups in total. The number of pyridine rings is 2. The normalized spacial score (nSPS) is 11.7. The van der Waals surface area contributed by atoms with Gasteiger partial charge in [0.25, 0.3) is 5.89 Å². The van der Waals surface area contributed by atoms with Gasteiger partial charge in [0.1, 0.15) is 17.6 Å². The molecule has 6 aromatic heterocycles. The summed E-state index contributed by atoms with van der Waals surface area (Å²) in [7, 11) is 3.19. The average molecular weight is 863 g/mol. The molecule has 1 atom stereocenters. The highest BCUT2D eigenvalue weighted by Gasteiger charge is 2.18. The summed E-state index contributed by atoms with van der Waals surface area (Å²) in [5.74, 6) is 2.60. The van der Waals surface area contributed by atoms with Crippen LogP contribution >= 0.6 is 22.7 Å². The van der Waals surface area contributed by atoms with Crippen LogP contribution in [0.15, 0.2) is 82.4 Å². The number of urea groups is 2. The second-order valence-electron chi connectivity index (χ2n) is 13.5. The van der Waals surface area contributed by atoms with Crippen molar-refractivity contribution in [2.45, 2.75) is 38.2 Å². The van der Waals surface area contributed by atoms with Gasteiger partial charge < -0.3 is 34.3 Å². The fraction of sp³-hybridized carbons (Fsp3) is 0.250. The number of hydrogen-bond donors (Lipinski definition) is 5. The standard InChI is InChI=1S/C40H38N12O7S2/c1-56-26-14-24(18-41-20-26)22-6-8-28-31(16-22)60-39(45-28)49-37(54)43-12-10-33-47-35(58-51-33)5-3-4-30(53)36-48-34(52-59-36)11-13-44-38(55)50-40-46-29-9-7-23(17-32(29)61-40)25-15-27(57-2)21-42-19-25/h6-9,14-21,30,53H,3-5,10-13H2,1-2H3,(H2,43,45,49,54)(H2,44,46,50,55). The number of aliphatic hydroxyl groups is 1. The maximum atomic E-state index is 12.6. The Hall–Kier alpha value is -7.10. The number of benzene rings is 2. The van der Waals surface area contributed by atoms with E-state index in [4.69, 9.17) is 18.5 Å². The number of aromatic nitrogens is 8. The van der Waals surface area contributed by atoms with Gasteiger partial charge in [-0.05, 0) is 60.4 Å². The van der Waals surface area contributed by atoms with Crippen LogP contribution in [0.5, 0.6) is 11.5 Å². The Morgan fingerprint density at radius 2 is 1.21 bits per heavy atom. The van der Waals surface area contributed by atoms with Gasteiger partial charge in [-0.15, -0.1) is 0 Å². The molecule has 4 amide bonds. The van der Waals surface area contributed by atoms with E-state index in [1.807, 2.05) is 48.5 Å². The zero-order valence-electron chi connectivity index (χ0n) is 32.7. The topological polar surface area (TPSA) is 250 Å². The van der Waals surface area contributed by atoms with Crippen LogP contribution in [0.1, 0.15) is 42.4 Å². The third kappa shape index (κ3) is 10.4. The summed E-state index contributed by atoms with van der Waals surface area (Å²) in [6, 6.07) is 14.7. The number of hydrogen-bond acceptors (Lipinski definition) is 17. The van der Waals surface area contributed by atoms with Gasteiger partial charge in [0.2, 0.25) is 5.89 Å². The molecule has 0 aliphatic heterocycles. The van der Waals surface area contributed by atoms with Crippen molar-refractivity contribution in [2.24, 2.45) is 0 Å². The minimum absolute atomic E-state index is 0.0787. The number of amides is 4. The van der Waals surface area contributed by atoms with E-state index in [2.05, 4.69) is 61.5 Å². The largest absolute Gasteiger partial charge is 0.495 e. The molecule has 0 saturated carbocycles. The van der Waals surface area contributed by atoms with Crippen molar-refractivity contribution >= 4 is 65.4 Å². The van der Waals surface area contributed by atoms with Gasteiger partial charge in [0.15, 0.2) is 21.9 Å². The van der Waals surface area contributed by atoms with Crippen LogP contribution in [0.3, 0.4) is 0 Å². The van der Waals surface area contributed by atoms with E-state index < -0.39 is 18.2 Å². The highest BCUT2D eigenvalue weighted by molar-refractivity contribution is 7.22. The Labute approximate surface area is 355 Å². The van der Waals surface area contributed by atoms with Crippen LogP contribution in [0.2, 0.25) is 0 Å². The van der Waals surface area contributed by atoms with E-state index in [1.54, 1.807) is 39.0 Å². The summed E-state index contributed by atoms with van der Waals surface area (Å²) in [5.41, 5.74) is 5.26. The number of thiazole rings is 2. The van der Waals surface area contributed by atoms with Crippen LogP contribution < -0.4 is 30.7 Å². The molecule has 1 unspecified atom stereocenters. The van der Waals surface area contributed by atoms with Crippen LogP contribution in [-0.4, -0.2) is 84.7 Å². The fourth-order valence-corrected chi connectivity index (χ4v) is 7.92. The lowest BCUT2D eigenvalue weighted by atomic mass is 10.1. The molecule has 6 heterocycles. The third-order valence-electron chi connectivity index (χ3n) is 9.20. The van der Waals surface area contributed by atoms with Gasteiger partial charge in [-0.2, -0.15) is 9.97 Å². The van der Waals surface area contributed by atoms with E-state index in [-0.39, 0.29) is 25.4 Å². The molecule has 0 spiro atoms. The Balaban J connectivity index is 0.718. The molecule has 21 heteroatoms. The van der Waals surface area contributed by atoms with E-state index in [0.29, 0.717) is 65.0 Å². The number of rotatable bonds is 17. The van der Waals surface area contributed by atoms with Gasteiger partial charge in [-0.1, -0.05) is 45.1 Å². The second-order valence-corrected chi connectivity index (χ2v) is 15.5. The summed E-state index contributed by atoms with van der Waals surface area (Å²) in [5, 5.41) is 30.6. The van der Waals surface area contributed by atoms with E-state index in [0.717, 1.165) is 42.7 Å². The molecular formula is C40H38N12O7S2. The maximum Gasteiger partial charge on any atom is 0.321 e. The minimum atomic E-state index is -0.995. The number of fused-ring (bicyclic) bond motifs is 2. The van der Waals surface area contributed by atoms with Crippen LogP contribution in [0.25, 0.3) is 42.7 Å². The molecule has 0 aliphatic rings. The molecule has 0 radical (unpaired) electrons. The van der Waals surface area contributed by atoms with Crippen LogP contribution in [0.4, 0.5) is 19.9 Å². The minimum Gasteiger partial charge on any atom is -0.495 e. The highest BCUT2D eigenvalue weighted by Crippen LogP contribution is 2.33. The van der Waals surface area contributed by atoms with Crippen molar-refractivity contribution in [2.75, 3.05) is 37.9 Å². The SMILES string of the molecule is COc1cncc(-c2ccc3nc(NC(=O)NCCc4noc(CCCC(O)c5nc(CCNC(=O)Nc6nc7ccc(-c8cncc(OC)c8)cc7s6)no5)n4)sc3c2)c1. The van der Waals surface area contributed by atoms with Gasteiger partial charge >= 0.3 is 12.1 Å². The lowest BCUT2D eigenvalue weighted by molar-refractivity contribution is 0.122. The first-order valence-electron chi connectivity index (χ1n) is 19.0. The zero-order valence-corrected chi connectivity index (χ0v) is 34.4. The molecule has 0 bridgehead atoms. The number of aliphatic hydroxyl groups excluding tert-OH is 1. The predicted molar refractivity (Wildman–Crippen MR) is 227 cm³/mol. The van der Waals surface area contributed by atoms with Crippen molar-refractivity contribution < 1.29 is 33.2 Å². The molecule has 0 saturated heterocycles. The summed E-state index contributed by atoms with van der Waals surface area (Å²) in [4.78, 5) is 51.3. The summed E-state index contributed by atoms with van der Waals surface area (Å²) in [6.07, 6.45) is 7.70. The quantitative estimate of drug-likeness (QED) is 0.0647. The van der Waals surface area contributed by atoms with Crippen molar-refractivity contribution in [1.82, 2.24) is 50.9 Å². The lowest BCUT2D eigenvalue weighted by Crippen LogP contribution is -2.30. The number of aryl methyl sites for hydroxylation is 1. The van der Waals surface area contributed by atoms with E-state index in [9.17, 15) is 14.7 Å². The molecule has 8 aromatic rings. The van der Waals surface area contributed by atoms with Gasteiger partial charge in [-0.3, -0.25) is 20.6 Å². The molecule has 8 rings (SSSR count). The molecule has 0 aliphatic carbocycles. The Kier molecular flexibility index (Phi) is 12.6. The van der Waals surface area contributed by atoms with Gasteiger partial charge in [0, 0.05) is 55.9 Å². The maximum absolute atomic E-state index is 12.6. The number of carbonyl (C=O) groups is 2. The molecule has 2 aromatic carbocycles. The predicted octanol–water partition coefficient (Wildman–Crippen LogP) is 6.60. The summed E-state index contributed by atoms with van der Waals surface area (Å²) in [6.45, 7) is 0.503. The van der Waals surface area contributed by atoms with Crippen molar-refractivity contribution in [3.63, 3.8) is 0 Å². The summed E-state index contributed by atoms with van der Waals surface area (Å²) >= 11 is 2.72. The Bertz CT molecular complexity index is 2790. The average Bonchev–Trinajstić information content (AvgIpc) is 4.10. The Morgan fingerprint density at radius 3 is 1.77 bits per heavy atom. The van der Waals surface area contributed by atoms with Crippen LogP contribution in [0, 0.1) is 0 Å². The van der Waals surface area contributed by atoms with Crippen molar-refractivity contribution in [3.8, 4) is 33.8 Å². The fourth-order valence-electron chi connectivity index (χ4n) is 6.12. The van der Waals surface area contributed by atoms with Gasteiger partial charge in [-0.25, -0.2) is 19.6 Å². The lowest BCUT2D eigenvalue weighted by Gasteiger charge is -2.04. The van der Waals surface area contributed by atoms with Gasteiger partial charge in [0.05, 0.1) is 47.0 Å². The highest BCUT2D eigenvalue weighted by atomic mass is 32.1. The molecule has 19 nitrogen and oxygen atoms in total. The first kappa shape index (κ1) is 40.7. The smallest absolute Gasteiger partial charge is 0.321 e. The number of anilines is 2. The number of nitrogens with zero attached hydrogens (tertiary/aromatic N) is 8. The van der Waals surface area contributed by atoms with Crippen molar-refractivity contribution in [3.05, 3.63) is 96.7 Å². The Morgan fingerprint density at radius 1 is 0.672 bits per heavy atom. The van der Waals surface area contributed by atoms with Crippen molar-refractivity contribution in [1.29, 1.82) is 0 Å².